The highest BCUT2D eigenvalue weighted by atomic mass is 15.3. The lowest BCUT2D eigenvalue weighted by molar-refractivity contribution is 0.661. The highest BCUT2D eigenvalue weighted by molar-refractivity contribution is 5.64. The summed E-state index contributed by atoms with van der Waals surface area (Å²) in [4.78, 5) is 0. The number of hydrogen-bond donors (Lipinski definition) is 1. The van der Waals surface area contributed by atoms with Crippen LogP contribution in [0.4, 0.5) is 5.69 Å². The molecule has 1 aromatic carbocycles. The Labute approximate surface area is 99.7 Å². The van der Waals surface area contributed by atoms with Crippen LogP contribution >= 0.6 is 0 Å². The van der Waals surface area contributed by atoms with Gasteiger partial charge in [-0.15, -0.1) is 10.2 Å². The summed E-state index contributed by atoms with van der Waals surface area (Å²) in [7, 11) is 0. The summed E-state index contributed by atoms with van der Waals surface area (Å²) in [5.74, 6) is 2.11. The Morgan fingerprint density at radius 2 is 2.06 bits per heavy atom. The van der Waals surface area contributed by atoms with Crippen LogP contribution in [0.1, 0.15) is 24.5 Å². The Balaban J connectivity index is 2.04. The second-order valence-electron chi connectivity index (χ2n) is 5.06. The van der Waals surface area contributed by atoms with Gasteiger partial charge < -0.3 is 5.32 Å². The largest absolute Gasteiger partial charge is 0.382 e. The van der Waals surface area contributed by atoms with Crippen molar-refractivity contribution >= 4 is 5.69 Å². The lowest BCUT2D eigenvalue weighted by Gasteiger charge is -2.11. The van der Waals surface area contributed by atoms with Crippen molar-refractivity contribution in [1.82, 2.24) is 14.8 Å². The maximum absolute atomic E-state index is 4.40. The zero-order valence-electron chi connectivity index (χ0n) is 9.77. The van der Waals surface area contributed by atoms with Crippen molar-refractivity contribution in [3.05, 3.63) is 35.9 Å². The molecule has 0 radical (unpaired) electrons. The fourth-order valence-electron chi connectivity index (χ4n) is 2.71. The molecule has 1 aliphatic carbocycles. The first-order valence-electron chi connectivity index (χ1n) is 6.06. The van der Waals surface area contributed by atoms with Gasteiger partial charge >= 0.3 is 0 Å². The summed E-state index contributed by atoms with van der Waals surface area (Å²) in [6, 6.07) is 8.38. The Bertz CT molecular complexity index is 595. The fourth-order valence-corrected chi connectivity index (χ4v) is 2.71. The molecular weight excluding hydrogens is 212 g/mol. The summed E-state index contributed by atoms with van der Waals surface area (Å²) in [5.41, 5.74) is 2.58. The van der Waals surface area contributed by atoms with Crippen LogP contribution in [0.2, 0.25) is 0 Å². The van der Waals surface area contributed by atoms with E-state index in [-0.39, 0.29) is 5.41 Å². The first-order chi connectivity index (χ1) is 8.30. The number of para-hydroxylation sites is 2. The molecule has 0 unspecified atom stereocenters. The minimum Gasteiger partial charge on any atom is -0.382 e. The van der Waals surface area contributed by atoms with Gasteiger partial charge in [-0.25, -0.2) is 0 Å². The molecule has 0 amide bonds. The van der Waals surface area contributed by atoms with E-state index < -0.39 is 0 Å². The number of aryl methyl sites for hydroxylation is 1. The Hall–Kier alpha value is -1.84. The summed E-state index contributed by atoms with van der Waals surface area (Å²) >= 11 is 0. The van der Waals surface area contributed by atoms with Crippen molar-refractivity contribution in [3.63, 3.8) is 0 Å². The lowest BCUT2D eigenvalue weighted by Crippen LogP contribution is -2.20. The Kier molecular flexibility index (Phi) is 1.56. The number of benzene rings is 1. The topological polar surface area (TPSA) is 42.7 Å². The van der Waals surface area contributed by atoms with Gasteiger partial charge in [-0.3, -0.25) is 4.57 Å². The Morgan fingerprint density at radius 1 is 1.24 bits per heavy atom. The molecular formula is C13H14N4. The third kappa shape index (κ3) is 1.12. The van der Waals surface area contributed by atoms with Gasteiger partial charge in [0.1, 0.15) is 11.6 Å². The molecule has 0 bridgehead atoms. The first kappa shape index (κ1) is 9.22. The lowest BCUT2D eigenvalue weighted by atomic mass is 10.1. The van der Waals surface area contributed by atoms with Crippen molar-refractivity contribution in [2.75, 3.05) is 11.9 Å². The molecule has 4 heteroatoms. The average Bonchev–Trinajstić information content (AvgIpc) is 3.07. The van der Waals surface area contributed by atoms with Crippen molar-refractivity contribution in [1.29, 1.82) is 0 Å². The number of nitrogens with one attached hydrogen (secondary N) is 1. The minimum atomic E-state index is 0.222. The van der Waals surface area contributed by atoms with E-state index in [0.717, 1.165) is 18.2 Å². The molecule has 2 aliphatic rings. The molecule has 0 atom stereocenters. The SMILES string of the molecule is Cc1nnc2n1-c1ccccc1NCC21CC1. The number of rotatable bonds is 0. The number of aromatic nitrogens is 3. The van der Waals surface area contributed by atoms with Gasteiger partial charge in [0.25, 0.3) is 0 Å². The molecule has 0 saturated heterocycles. The number of anilines is 1. The molecule has 1 saturated carbocycles. The summed E-state index contributed by atoms with van der Waals surface area (Å²) in [6.45, 7) is 3.00. The van der Waals surface area contributed by atoms with Crippen molar-refractivity contribution in [2.24, 2.45) is 0 Å². The summed E-state index contributed by atoms with van der Waals surface area (Å²) < 4.78 is 2.21. The molecule has 1 aliphatic heterocycles. The highest BCUT2D eigenvalue weighted by Gasteiger charge is 2.49. The van der Waals surface area contributed by atoms with E-state index in [4.69, 9.17) is 0 Å². The molecule has 1 aromatic heterocycles. The third-order valence-corrected chi connectivity index (χ3v) is 3.91. The van der Waals surface area contributed by atoms with E-state index in [9.17, 15) is 0 Å². The minimum absolute atomic E-state index is 0.222. The van der Waals surface area contributed by atoms with E-state index in [1.54, 1.807) is 0 Å². The predicted molar refractivity (Wildman–Crippen MR) is 65.5 cm³/mol. The van der Waals surface area contributed by atoms with E-state index in [0.29, 0.717) is 0 Å². The molecule has 4 nitrogen and oxygen atoms in total. The third-order valence-electron chi connectivity index (χ3n) is 3.91. The maximum Gasteiger partial charge on any atom is 0.145 e. The normalized spacial score (nSPS) is 19.1. The van der Waals surface area contributed by atoms with Crippen LogP contribution in [0, 0.1) is 6.92 Å². The van der Waals surface area contributed by atoms with E-state index in [2.05, 4.69) is 44.3 Å². The Morgan fingerprint density at radius 3 is 2.88 bits per heavy atom. The van der Waals surface area contributed by atoms with E-state index >= 15 is 0 Å². The highest BCUT2D eigenvalue weighted by Crippen LogP contribution is 2.49. The fraction of sp³-hybridized carbons (Fsp3) is 0.385. The number of fused-ring (bicyclic) bond motifs is 4. The summed E-state index contributed by atoms with van der Waals surface area (Å²) in [5, 5.41) is 12.2. The van der Waals surface area contributed by atoms with Gasteiger partial charge in [0.15, 0.2) is 0 Å². The van der Waals surface area contributed by atoms with Crippen LogP contribution in [0.15, 0.2) is 24.3 Å². The molecule has 1 fully saturated rings. The predicted octanol–water partition coefficient (Wildman–Crippen LogP) is 2.03. The monoisotopic (exact) mass is 226 g/mol. The van der Waals surface area contributed by atoms with Gasteiger partial charge in [-0.05, 0) is 31.9 Å². The van der Waals surface area contributed by atoms with Crippen molar-refractivity contribution in [2.45, 2.75) is 25.2 Å². The second-order valence-corrected chi connectivity index (χ2v) is 5.06. The van der Waals surface area contributed by atoms with Gasteiger partial charge in [-0.1, -0.05) is 12.1 Å². The molecule has 86 valence electrons. The van der Waals surface area contributed by atoms with Crippen LogP contribution < -0.4 is 5.32 Å². The molecule has 17 heavy (non-hydrogen) atoms. The van der Waals surface area contributed by atoms with Crippen LogP contribution in [-0.2, 0) is 5.41 Å². The summed E-state index contributed by atoms with van der Waals surface area (Å²) in [6.07, 6.45) is 2.43. The number of nitrogens with zero attached hydrogens (tertiary/aromatic N) is 3. The van der Waals surface area contributed by atoms with Crippen LogP contribution in [0.25, 0.3) is 5.69 Å². The molecule has 4 rings (SSSR count). The smallest absolute Gasteiger partial charge is 0.145 e. The molecule has 1 spiro atoms. The van der Waals surface area contributed by atoms with Gasteiger partial charge in [0, 0.05) is 12.0 Å². The molecule has 2 aromatic rings. The van der Waals surface area contributed by atoms with E-state index in [1.165, 1.54) is 24.2 Å². The quantitative estimate of drug-likeness (QED) is 0.747. The molecule has 2 heterocycles. The standard InChI is InChI=1S/C13H14N4/c1-9-15-16-12-13(6-7-13)8-14-10-4-2-3-5-11(10)17(9)12/h2-5,14H,6-8H2,1H3. The van der Waals surface area contributed by atoms with Crippen LogP contribution in [0.3, 0.4) is 0 Å². The first-order valence-corrected chi connectivity index (χ1v) is 6.06. The van der Waals surface area contributed by atoms with Gasteiger partial charge in [0.05, 0.1) is 11.4 Å². The van der Waals surface area contributed by atoms with Crippen LogP contribution in [0.5, 0.6) is 0 Å². The molecule has 1 N–H and O–H groups in total. The van der Waals surface area contributed by atoms with Gasteiger partial charge in [0.2, 0.25) is 0 Å². The maximum atomic E-state index is 4.40. The van der Waals surface area contributed by atoms with Crippen LogP contribution in [-0.4, -0.2) is 21.3 Å². The van der Waals surface area contributed by atoms with Gasteiger partial charge in [-0.2, -0.15) is 0 Å². The zero-order chi connectivity index (χ0) is 11.5. The second kappa shape index (κ2) is 2.88. The van der Waals surface area contributed by atoms with Crippen molar-refractivity contribution < 1.29 is 0 Å². The average molecular weight is 226 g/mol. The van der Waals surface area contributed by atoms with E-state index in [1.807, 2.05) is 6.92 Å². The van der Waals surface area contributed by atoms with Crippen molar-refractivity contribution in [3.8, 4) is 5.69 Å². The zero-order valence-corrected chi connectivity index (χ0v) is 9.77. The number of hydrogen-bond acceptors (Lipinski definition) is 3.